The van der Waals surface area contributed by atoms with E-state index in [1.54, 1.807) is 12.1 Å². The Morgan fingerprint density at radius 2 is 1.68 bits per heavy atom. The molecule has 0 amide bonds. The molecule has 0 spiro atoms. The normalized spacial score (nSPS) is 11.9. The van der Waals surface area contributed by atoms with E-state index in [0.717, 1.165) is 11.1 Å². The number of hydrogen-bond donors (Lipinski definition) is 2. The van der Waals surface area contributed by atoms with E-state index in [4.69, 9.17) is 5.41 Å². The predicted molar refractivity (Wildman–Crippen MR) is 83.7 cm³/mol. The van der Waals surface area contributed by atoms with Gasteiger partial charge in [0.15, 0.2) is 0 Å². The van der Waals surface area contributed by atoms with Crippen LogP contribution in [0.1, 0.15) is 17.5 Å². The SMILES string of the molecule is N=C(Cc1ccccc1)CC(Cc1ccc(F)cc1)C(=O)O. The summed E-state index contributed by atoms with van der Waals surface area (Å²) in [5.41, 5.74) is 2.15. The zero-order valence-electron chi connectivity index (χ0n) is 12.1. The lowest BCUT2D eigenvalue weighted by Crippen LogP contribution is -2.21. The second-order valence-corrected chi connectivity index (χ2v) is 5.34. The molecular formula is C18H18FNO2. The van der Waals surface area contributed by atoms with Gasteiger partial charge in [0.05, 0.1) is 5.92 Å². The molecule has 1 atom stereocenters. The molecule has 2 aromatic carbocycles. The standard InChI is InChI=1S/C18H18FNO2/c19-16-8-6-14(7-9-16)10-15(18(21)22)12-17(20)11-13-4-2-1-3-5-13/h1-9,15,20H,10-12H2,(H,21,22). The molecule has 0 heterocycles. The number of halogens is 1. The van der Waals surface area contributed by atoms with Gasteiger partial charge in [0.25, 0.3) is 0 Å². The van der Waals surface area contributed by atoms with Crippen molar-refractivity contribution in [3.05, 3.63) is 71.5 Å². The highest BCUT2D eigenvalue weighted by Crippen LogP contribution is 2.16. The van der Waals surface area contributed by atoms with Crippen molar-refractivity contribution in [3.63, 3.8) is 0 Å². The van der Waals surface area contributed by atoms with E-state index in [0.29, 0.717) is 18.6 Å². The van der Waals surface area contributed by atoms with Gasteiger partial charge in [-0.2, -0.15) is 0 Å². The summed E-state index contributed by atoms with van der Waals surface area (Å²) in [4.78, 5) is 11.4. The molecule has 0 aliphatic rings. The van der Waals surface area contributed by atoms with Crippen LogP contribution in [-0.2, 0) is 17.6 Å². The molecule has 2 aromatic rings. The van der Waals surface area contributed by atoms with Gasteiger partial charge in [0.1, 0.15) is 5.82 Å². The third-order valence-electron chi connectivity index (χ3n) is 3.50. The molecule has 0 aromatic heterocycles. The monoisotopic (exact) mass is 299 g/mol. The molecule has 0 saturated carbocycles. The Bertz CT molecular complexity index is 638. The highest BCUT2D eigenvalue weighted by Gasteiger charge is 2.20. The fourth-order valence-electron chi connectivity index (χ4n) is 2.36. The summed E-state index contributed by atoms with van der Waals surface area (Å²) in [6.07, 6.45) is 0.947. The highest BCUT2D eigenvalue weighted by atomic mass is 19.1. The van der Waals surface area contributed by atoms with Crippen LogP contribution in [0.4, 0.5) is 4.39 Å². The fraction of sp³-hybridized carbons (Fsp3) is 0.222. The molecule has 2 rings (SSSR count). The number of aliphatic carboxylic acids is 1. The van der Waals surface area contributed by atoms with Crippen molar-refractivity contribution in [2.75, 3.05) is 0 Å². The summed E-state index contributed by atoms with van der Waals surface area (Å²) in [6.45, 7) is 0. The Hall–Kier alpha value is -2.49. The van der Waals surface area contributed by atoms with E-state index in [1.165, 1.54) is 12.1 Å². The lowest BCUT2D eigenvalue weighted by molar-refractivity contribution is -0.141. The first kappa shape index (κ1) is 15.9. The van der Waals surface area contributed by atoms with Crippen LogP contribution in [0.2, 0.25) is 0 Å². The van der Waals surface area contributed by atoms with Crippen molar-refractivity contribution in [1.82, 2.24) is 0 Å². The van der Waals surface area contributed by atoms with Crippen LogP contribution in [0.5, 0.6) is 0 Å². The number of hydrogen-bond acceptors (Lipinski definition) is 2. The number of benzene rings is 2. The molecule has 0 aliphatic carbocycles. The molecule has 114 valence electrons. The zero-order chi connectivity index (χ0) is 15.9. The van der Waals surface area contributed by atoms with Gasteiger partial charge >= 0.3 is 5.97 Å². The van der Waals surface area contributed by atoms with Crippen molar-refractivity contribution in [2.45, 2.75) is 19.3 Å². The minimum Gasteiger partial charge on any atom is -0.481 e. The first-order valence-corrected chi connectivity index (χ1v) is 7.12. The maximum atomic E-state index is 12.9. The van der Waals surface area contributed by atoms with E-state index in [9.17, 15) is 14.3 Å². The molecule has 0 fully saturated rings. The molecule has 22 heavy (non-hydrogen) atoms. The second-order valence-electron chi connectivity index (χ2n) is 5.34. The maximum absolute atomic E-state index is 12.9. The smallest absolute Gasteiger partial charge is 0.307 e. The summed E-state index contributed by atoms with van der Waals surface area (Å²) in [7, 11) is 0. The van der Waals surface area contributed by atoms with Gasteiger partial charge in [0.2, 0.25) is 0 Å². The maximum Gasteiger partial charge on any atom is 0.307 e. The minimum absolute atomic E-state index is 0.196. The third-order valence-corrected chi connectivity index (χ3v) is 3.50. The van der Waals surface area contributed by atoms with Gasteiger partial charge < -0.3 is 10.5 Å². The molecule has 3 nitrogen and oxygen atoms in total. The lowest BCUT2D eigenvalue weighted by atomic mass is 9.92. The van der Waals surface area contributed by atoms with Crippen molar-refractivity contribution < 1.29 is 14.3 Å². The van der Waals surface area contributed by atoms with Crippen LogP contribution in [0, 0.1) is 17.1 Å². The van der Waals surface area contributed by atoms with Gasteiger partial charge in [-0.15, -0.1) is 0 Å². The van der Waals surface area contributed by atoms with Crippen molar-refractivity contribution in [3.8, 4) is 0 Å². The highest BCUT2D eigenvalue weighted by molar-refractivity contribution is 5.87. The number of rotatable bonds is 7. The summed E-state index contributed by atoms with van der Waals surface area (Å²) >= 11 is 0. The molecule has 0 saturated heterocycles. The van der Waals surface area contributed by atoms with Crippen LogP contribution < -0.4 is 0 Å². The molecule has 0 radical (unpaired) electrons. The van der Waals surface area contributed by atoms with Gasteiger partial charge in [-0.1, -0.05) is 42.5 Å². The van der Waals surface area contributed by atoms with Crippen LogP contribution in [0.15, 0.2) is 54.6 Å². The van der Waals surface area contributed by atoms with Gasteiger partial charge in [-0.3, -0.25) is 4.79 Å². The summed E-state index contributed by atoms with van der Waals surface area (Å²) in [6, 6.07) is 15.4. The van der Waals surface area contributed by atoms with Crippen LogP contribution >= 0.6 is 0 Å². The summed E-state index contributed by atoms with van der Waals surface area (Å²) in [5.74, 6) is -1.93. The van der Waals surface area contributed by atoms with E-state index in [-0.39, 0.29) is 12.2 Å². The van der Waals surface area contributed by atoms with E-state index in [1.807, 2.05) is 30.3 Å². The fourth-order valence-corrected chi connectivity index (χ4v) is 2.36. The van der Waals surface area contributed by atoms with E-state index in [2.05, 4.69) is 0 Å². The quantitative estimate of drug-likeness (QED) is 0.765. The average Bonchev–Trinajstić information content (AvgIpc) is 2.49. The van der Waals surface area contributed by atoms with Gasteiger partial charge in [-0.05, 0) is 36.1 Å². The van der Waals surface area contributed by atoms with Gasteiger partial charge in [0, 0.05) is 12.1 Å². The number of carboxylic acid groups (broad SMARTS) is 1. The first-order chi connectivity index (χ1) is 10.5. The molecule has 0 bridgehead atoms. The Morgan fingerprint density at radius 3 is 2.27 bits per heavy atom. The Labute approximate surface area is 128 Å². The third kappa shape index (κ3) is 4.81. The van der Waals surface area contributed by atoms with Crippen LogP contribution in [0.3, 0.4) is 0 Å². The van der Waals surface area contributed by atoms with Crippen molar-refractivity contribution in [1.29, 1.82) is 5.41 Å². The number of carbonyl (C=O) groups is 1. The molecular weight excluding hydrogens is 281 g/mol. The average molecular weight is 299 g/mol. The molecule has 0 aliphatic heterocycles. The Morgan fingerprint density at radius 1 is 1.05 bits per heavy atom. The summed E-state index contributed by atoms with van der Waals surface area (Å²) < 4.78 is 12.9. The van der Waals surface area contributed by atoms with Crippen molar-refractivity contribution in [2.24, 2.45) is 5.92 Å². The van der Waals surface area contributed by atoms with Crippen molar-refractivity contribution >= 4 is 11.7 Å². The lowest BCUT2D eigenvalue weighted by Gasteiger charge is -2.13. The predicted octanol–water partition coefficient (Wildman–Crippen LogP) is 3.72. The number of nitrogens with one attached hydrogen (secondary N) is 1. The second kappa shape index (κ2) is 7.50. The Balaban J connectivity index is 1.98. The largest absolute Gasteiger partial charge is 0.481 e. The Kier molecular flexibility index (Phi) is 5.42. The van der Waals surface area contributed by atoms with Gasteiger partial charge in [-0.25, -0.2) is 4.39 Å². The topological polar surface area (TPSA) is 61.2 Å². The van der Waals surface area contributed by atoms with Crippen LogP contribution in [0.25, 0.3) is 0 Å². The first-order valence-electron chi connectivity index (χ1n) is 7.12. The molecule has 2 N–H and O–H groups in total. The zero-order valence-corrected chi connectivity index (χ0v) is 12.1. The number of carboxylic acids is 1. The van der Waals surface area contributed by atoms with E-state index < -0.39 is 11.9 Å². The summed E-state index contributed by atoms with van der Waals surface area (Å²) in [5, 5.41) is 17.4. The minimum atomic E-state index is -0.929. The molecule has 1 unspecified atom stereocenters. The molecule has 4 heteroatoms. The van der Waals surface area contributed by atoms with E-state index >= 15 is 0 Å². The van der Waals surface area contributed by atoms with Crippen LogP contribution in [-0.4, -0.2) is 16.8 Å².